The summed E-state index contributed by atoms with van der Waals surface area (Å²) in [6.07, 6.45) is 0. The predicted molar refractivity (Wildman–Crippen MR) is 51.6 cm³/mol. The molecule has 7 heteroatoms. The molecule has 5 nitrogen and oxygen atoms in total. The number of amides is 1. The lowest BCUT2D eigenvalue weighted by Gasteiger charge is -2.01. The van der Waals surface area contributed by atoms with Gasteiger partial charge in [0.25, 0.3) is 0 Å². The minimum atomic E-state index is -0.838. The van der Waals surface area contributed by atoms with Crippen molar-refractivity contribution in [2.45, 2.75) is 0 Å². The molecule has 0 aliphatic carbocycles. The fourth-order valence-electron chi connectivity index (χ4n) is 0.899. The second kappa shape index (κ2) is 3.81. The SMILES string of the molecule is NC(=O)c1ccc(Cl)c([N+](=O)[O-])c1Cl. The maximum Gasteiger partial charge on any atom is 0.307 e. The maximum atomic E-state index is 10.8. The van der Waals surface area contributed by atoms with Crippen molar-refractivity contribution in [3.05, 3.63) is 37.9 Å². The van der Waals surface area contributed by atoms with E-state index >= 15 is 0 Å². The van der Waals surface area contributed by atoms with E-state index in [1.165, 1.54) is 12.1 Å². The van der Waals surface area contributed by atoms with Gasteiger partial charge in [-0.15, -0.1) is 0 Å². The van der Waals surface area contributed by atoms with Gasteiger partial charge in [-0.25, -0.2) is 0 Å². The summed E-state index contributed by atoms with van der Waals surface area (Å²) in [5.41, 5.74) is 4.31. The van der Waals surface area contributed by atoms with Crippen LogP contribution in [0.1, 0.15) is 10.4 Å². The molecular weight excluding hydrogens is 231 g/mol. The van der Waals surface area contributed by atoms with Gasteiger partial charge in [-0.1, -0.05) is 23.2 Å². The normalized spacial score (nSPS) is 9.86. The average molecular weight is 235 g/mol. The Kier molecular flexibility index (Phi) is 2.93. The van der Waals surface area contributed by atoms with Crippen molar-refractivity contribution in [2.24, 2.45) is 5.73 Å². The number of carbonyl (C=O) groups excluding carboxylic acids is 1. The molecule has 0 heterocycles. The summed E-state index contributed by atoms with van der Waals surface area (Å²) in [7, 11) is 0. The molecule has 1 rings (SSSR count). The van der Waals surface area contributed by atoms with Gasteiger partial charge in [-0.05, 0) is 12.1 Å². The van der Waals surface area contributed by atoms with Gasteiger partial charge in [0, 0.05) is 0 Å². The van der Waals surface area contributed by atoms with Crippen LogP contribution in [0.15, 0.2) is 12.1 Å². The van der Waals surface area contributed by atoms with Gasteiger partial charge in [0.05, 0.1) is 10.5 Å². The third-order valence-electron chi connectivity index (χ3n) is 1.51. The van der Waals surface area contributed by atoms with E-state index in [0.717, 1.165) is 0 Å². The molecule has 1 aromatic carbocycles. The quantitative estimate of drug-likeness (QED) is 0.628. The Balaban J connectivity index is 3.49. The van der Waals surface area contributed by atoms with Gasteiger partial charge >= 0.3 is 5.69 Å². The molecule has 1 aromatic rings. The van der Waals surface area contributed by atoms with Crippen molar-refractivity contribution in [2.75, 3.05) is 0 Å². The lowest BCUT2D eigenvalue weighted by atomic mass is 10.2. The van der Waals surface area contributed by atoms with E-state index in [1.54, 1.807) is 0 Å². The molecule has 0 aromatic heterocycles. The van der Waals surface area contributed by atoms with Crippen LogP contribution in [0.25, 0.3) is 0 Å². The Hall–Kier alpha value is -1.33. The Morgan fingerprint density at radius 2 is 2.00 bits per heavy atom. The first-order valence-electron chi connectivity index (χ1n) is 3.37. The third-order valence-corrected chi connectivity index (χ3v) is 2.20. The van der Waals surface area contributed by atoms with E-state index in [2.05, 4.69) is 0 Å². The Morgan fingerprint density at radius 3 is 2.43 bits per heavy atom. The number of halogens is 2. The number of hydrogen-bond acceptors (Lipinski definition) is 3. The Labute approximate surface area is 88.6 Å². The van der Waals surface area contributed by atoms with Crippen molar-refractivity contribution < 1.29 is 9.72 Å². The highest BCUT2D eigenvalue weighted by Gasteiger charge is 2.22. The predicted octanol–water partition coefficient (Wildman–Crippen LogP) is 2.00. The van der Waals surface area contributed by atoms with Crippen molar-refractivity contribution in [3.8, 4) is 0 Å². The van der Waals surface area contributed by atoms with Crippen LogP contribution in [0, 0.1) is 10.1 Å². The number of hydrogen-bond donors (Lipinski definition) is 1. The molecule has 0 bridgehead atoms. The number of carbonyl (C=O) groups is 1. The molecule has 0 saturated carbocycles. The summed E-state index contributed by atoms with van der Waals surface area (Å²) in [5.74, 6) is -0.838. The Morgan fingerprint density at radius 1 is 1.43 bits per heavy atom. The largest absolute Gasteiger partial charge is 0.366 e. The lowest BCUT2D eigenvalue weighted by Crippen LogP contribution is -2.12. The smallest absolute Gasteiger partial charge is 0.307 e. The highest BCUT2D eigenvalue weighted by Crippen LogP contribution is 2.34. The topological polar surface area (TPSA) is 86.2 Å². The molecule has 0 saturated heterocycles. The molecule has 14 heavy (non-hydrogen) atoms. The van der Waals surface area contributed by atoms with E-state index in [9.17, 15) is 14.9 Å². The van der Waals surface area contributed by atoms with Crippen LogP contribution < -0.4 is 5.73 Å². The van der Waals surface area contributed by atoms with E-state index in [-0.39, 0.29) is 15.6 Å². The molecule has 0 spiro atoms. The van der Waals surface area contributed by atoms with Crippen LogP contribution in [-0.4, -0.2) is 10.8 Å². The Bertz CT molecular complexity index is 420. The number of benzene rings is 1. The first kappa shape index (κ1) is 10.7. The van der Waals surface area contributed by atoms with Gasteiger partial charge in [-0.2, -0.15) is 0 Å². The molecule has 0 aliphatic heterocycles. The van der Waals surface area contributed by atoms with Gasteiger partial charge in [0.1, 0.15) is 10.0 Å². The fourth-order valence-corrected chi connectivity index (χ4v) is 1.50. The van der Waals surface area contributed by atoms with Crippen LogP contribution in [0.4, 0.5) is 5.69 Å². The molecule has 0 fully saturated rings. The standard InChI is InChI=1S/C7H4Cl2N2O3/c8-4-2-1-3(7(10)12)5(9)6(4)11(13)14/h1-2H,(H2,10,12). The number of primary amides is 1. The maximum absolute atomic E-state index is 10.8. The number of nitrogens with zero attached hydrogens (tertiary/aromatic N) is 1. The van der Waals surface area contributed by atoms with E-state index in [0.29, 0.717) is 0 Å². The van der Waals surface area contributed by atoms with Gasteiger partial charge in [-0.3, -0.25) is 14.9 Å². The molecule has 0 aliphatic rings. The number of nitrogens with two attached hydrogens (primary N) is 1. The van der Waals surface area contributed by atoms with Crippen LogP contribution in [0.5, 0.6) is 0 Å². The molecule has 2 N–H and O–H groups in total. The summed E-state index contributed by atoms with van der Waals surface area (Å²) in [6, 6.07) is 2.44. The third kappa shape index (κ3) is 1.78. The highest BCUT2D eigenvalue weighted by atomic mass is 35.5. The van der Waals surface area contributed by atoms with Crippen LogP contribution in [0.3, 0.4) is 0 Å². The van der Waals surface area contributed by atoms with E-state index < -0.39 is 16.5 Å². The first-order chi connectivity index (χ1) is 6.45. The summed E-state index contributed by atoms with van der Waals surface area (Å²) in [5, 5.41) is 10.0. The highest BCUT2D eigenvalue weighted by molar-refractivity contribution is 6.40. The fraction of sp³-hybridized carbons (Fsp3) is 0. The lowest BCUT2D eigenvalue weighted by molar-refractivity contribution is -0.384. The van der Waals surface area contributed by atoms with Crippen molar-refractivity contribution >= 4 is 34.8 Å². The zero-order valence-corrected chi connectivity index (χ0v) is 8.17. The van der Waals surface area contributed by atoms with Gasteiger partial charge in [0.2, 0.25) is 5.91 Å². The van der Waals surface area contributed by atoms with Crippen molar-refractivity contribution in [3.63, 3.8) is 0 Å². The minimum absolute atomic E-state index is 0.122. The summed E-state index contributed by atoms with van der Waals surface area (Å²) in [6.45, 7) is 0. The zero-order chi connectivity index (χ0) is 10.9. The van der Waals surface area contributed by atoms with Crippen LogP contribution in [-0.2, 0) is 0 Å². The number of nitro benzene ring substituents is 1. The van der Waals surface area contributed by atoms with Crippen LogP contribution in [0.2, 0.25) is 10.0 Å². The van der Waals surface area contributed by atoms with Crippen molar-refractivity contribution in [1.82, 2.24) is 0 Å². The summed E-state index contributed by atoms with van der Waals surface area (Å²) < 4.78 is 0. The zero-order valence-electron chi connectivity index (χ0n) is 6.66. The molecule has 0 atom stereocenters. The summed E-state index contributed by atoms with van der Waals surface area (Å²) in [4.78, 5) is 20.5. The average Bonchev–Trinajstić information content (AvgIpc) is 2.02. The second-order valence-electron chi connectivity index (χ2n) is 2.38. The number of rotatable bonds is 2. The van der Waals surface area contributed by atoms with Crippen LogP contribution >= 0.6 is 23.2 Å². The molecule has 0 unspecified atom stereocenters. The van der Waals surface area contributed by atoms with Crippen molar-refractivity contribution in [1.29, 1.82) is 0 Å². The van der Waals surface area contributed by atoms with E-state index in [1.807, 2.05) is 0 Å². The molecule has 74 valence electrons. The van der Waals surface area contributed by atoms with Gasteiger partial charge in [0.15, 0.2) is 0 Å². The van der Waals surface area contributed by atoms with E-state index in [4.69, 9.17) is 28.9 Å². The monoisotopic (exact) mass is 234 g/mol. The summed E-state index contributed by atoms with van der Waals surface area (Å²) >= 11 is 11.1. The second-order valence-corrected chi connectivity index (χ2v) is 3.16. The molecular formula is C7H4Cl2N2O3. The molecule has 0 radical (unpaired) electrons. The van der Waals surface area contributed by atoms with Gasteiger partial charge < -0.3 is 5.73 Å². The number of nitro groups is 1. The minimum Gasteiger partial charge on any atom is -0.366 e. The molecule has 1 amide bonds. The first-order valence-corrected chi connectivity index (χ1v) is 4.13.